The van der Waals surface area contributed by atoms with Gasteiger partial charge in [0.05, 0.1) is 11.5 Å². The molecule has 5 nitrogen and oxygen atoms in total. The second-order valence-electron chi connectivity index (χ2n) is 7.12. The van der Waals surface area contributed by atoms with Crippen LogP contribution in [0.2, 0.25) is 0 Å². The summed E-state index contributed by atoms with van der Waals surface area (Å²) in [5.41, 5.74) is 0.677. The first kappa shape index (κ1) is 20.9. The van der Waals surface area contributed by atoms with Gasteiger partial charge in [0.15, 0.2) is 0 Å². The summed E-state index contributed by atoms with van der Waals surface area (Å²) in [6.07, 6.45) is 2.20. The van der Waals surface area contributed by atoms with Gasteiger partial charge in [0.1, 0.15) is 11.6 Å². The highest BCUT2D eigenvalue weighted by Gasteiger charge is 2.32. The van der Waals surface area contributed by atoms with E-state index in [-0.39, 0.29) is 35.1 Å². The van der Waals surface area contributed by atoms with E-state index in [1.807, 2.05) is 0 Å². The summed E-state index contributed by atoms with van der Waals surface area (Å²) in [6, 6.07) is 8.88. The lowest BCUT2D eigenvalue weighted by Crippen LogP contribution is -2.38. The molecule has 3 atom stereocenters. The van der Waals surface area contributed by atoms with E-state index < -0.39 is 21.7 Å². The number of aliphatic hydroxyl groups excluding tert-OH is 1. The van der Waals surface area contributed by atoms with Gasteiger partial charge >= 0.3 is 0 Å². The maximum absolute atomic E-state index is 13.9. The van der Waals surface area contributed by atoms with Crippen molar-refractivity contribution in [1.29, 1.82) is 0 Å². The van der Waals surface area contributed by atoms with Gasteiger partial charge in [0, 0.05) is 23.7 Å². The smallest absolute Gasteiger partial charge is 0.240 e. The Balaban J connectivity index is 1.71. The summed E-state index contributed by atoms with van der Waals surface area (Å²) < 4.78 is 55.0. The molecule has 1 aliphatic carbocycles. The van der Waals surface area contributed by atoms with E-state index in [1.165, 1.54) is 30.3 Å². The Hall–Kier alpha value is -1.87. The van der Waals surface area contributed by atoms with Gasteiger partial charge in [-0.3, -0.25) is 0 Å². The molecule has 8 heteroatoms. The summed E-state index contributed by atoms with van der Waals surface area (Å²) in [5.74, 6) is -1.15. The number of hydrogen-bond donors (Lipinski definition) is 3. The third kappa shape index (κ3) is 4.57. The van der Waals surface area contributed by atoms with Crippen molar-refractivity contribution in [3.05, 3.63) is 54.1 Å². The zero-order valence-corrected chi connectivity index (χ0v) is 16.3. The molecule has 2 aromatic rings. The van der Waals surface area contributed by atoms with Crippen molar-refractivity contribution in [2.45, 2.75) is 36.2 Å². The van der Waals surface area contributed by atoms with Crippen LogP contribution in [0.15, 0.2) is 47.4 Å². The van der Waals surface area contributed by atoms with Crippen LogP contribution < -0.4 is 10.0 Å². The normalized spacial score (nSPS) is 21.0. The molecule has 0 heterocycles. The lowest BCUT2D eigenvalue weighted by atomic mass is 9.99. The van der Waals surface area contributed by atoms with Gasteiger partial charge in [-0.2, -0.15) is 0 Å². The predicted molar refractivity (Wildman–Crippen MR) is 103 cm³/mol. The van der Waals surface area contributed by atoms with Gasteiger partial charge in [-0.1, -0.05) is 12.1 Å². The van der Waals surface area contributed by atoms with Crippen LogP contribution in [0.4, 0.5) is 8.78 Å². The van der Waals surface area contributed by atoms with Crippen LogP contribution in [0.25, 0.3) is 11.1 Å². The predicted octanol–water partition coefficient (Wildman–Crippen LogP) is 2.66. The molecule has 1 fully saturated rings. The number of nitrogens with one attached hydrogen (secondary N) is 2. The summed E-state index contributed by atoms with van der Waals surface area (Å²) >= 11 is 0. The highest BCUT2D eigenvalue weighted by Crippen LogP contribution is 2.30. The number of rotatable bonds is 7. The summed E-state index contributed by atoms with van der Waals surface area (Å²) in [7, 11) is -1.93. The SMILES string of the molecule is CNC(CO)C1CCC(NS(=O)(=O)c2ccc(-c3ccc(F)cc3F)cc2)C1. The van der Waals surface area contributed by atoms with Gasteiger partial charge in [-0.05, 0) is 62.1 Å². The second kappa shape index (κ2) is 8.65. The molecule has 28 heavy (non-hydrogen) atoms. The second-order valence-corrected chi connectivity index (χ2v) is 8.83. The Morgan fingerprint density at radius 2 is 1.86 bits per heavy atom. The average molecular weight is 410 g/mol. The minimum atomic E-state index is -3.71. The maximum Gasteiger partial charge on any atom is 0.240 e. The van der Waals surface area contributed by atoms with Crippen molar-refractivity contribution in [1.82, 2.24) is 10.0 Å². The van der Waals surface area contributed by atoms with Gasteiger partial charge in [0.25, 0.3) is 0 Å². The standard InChI is InChI=1S/C20H24F2N2O3S/c1-23-20(12-25)14-2-6-16(10-14)24-28(26,27)17-7-3-13(4-8-17)18-9-5-15(21)11-19(18)22/h3-5,7-9,11,14,16,20,23-25H,2,6,10,12H2,1H3. The maximum atomic E-state index is 13.9. The largest absolute Gasteiger partial charge is 0.395 e. The summed E-state index contributed by atoms with van der Waals surface area (Å²) in [4.78, 5) is 0.0922. The molecule has 0 spiro atoms. The fraction of sp³-hybridized carbons (Fsp3) is 0.400. The van der Waals surface area contributed by atoms with Crippen molar-refractivity contribution in [3.63, 3.8) is 0 Å². The van der Waals surface area contributed by atoms with Crippen LogP contribution in [0, 0.1) is 17.6 Å². The van der Waals surface area contributed by atoms with Crippen LogP contribution in [0.5, 0.6) is 0 Å². The average Bonchev–Trinajstić information content (AvgIpc) is 3.10. The van der Waals surface area contributed by atoms with Crippen molar-refractivity contribution >= 4 is 10.0 Å². The molecule has 0 aromatic heterocycles. The van der Waals surface area contributed by atoms with Crippen LogP contribution in [0.3, 0.4) is 0 Å². The van der Waals surface area contributed by atoms with E-state index in [0.29, 0.717) is 18.4 Å². The van der Waals surface area contributed by atoms with Crippen molar-refractivity contribution in [2.24, 2.45) is 5.92 Å². The fourth-order valence-corrected chi connectivity index (χ4v) is 5.07. The number of sulfonamides is 1. The Bertz CT molecular complexity index is 916. The number of likely N-dealkylation sites (N-methyl/N-ethyl adjacent to an activating group) is 1. The van der Waals surface area contributed by atoms with E-state index in [2.05, 4.69) is 10.0 Å². The molecular formula is C20H24F2N2O3S. The Kier molecular flexibility index (Phi) is 6.44. The van der Waals surface area contributed by atoms with E-state index in [9.17, 15) is 22.3 Å². The third-order valence-corrected chi connectivity index (χ3v) is 6.87. The lowest BCUT2D eigenvalue weighted by Gasteiger charge is -2.21. The molecule has 1 aliphatic rings. The van der Waals surface area contributed by atoms with Crippen LogP contribution >= 0.6 is 0 Å². The lowest BCUT2D eigenvalue weighted by molar-refractivity contribution is 0.205. The molecule has 3 N–H and O–H groups in total. The Morgan fingerprint density at radius 3 is 2.46 bits per heavy atom. The first-order valence-electron chi connectivity index (χ1n) is 9.20. The van der Waals surface area contributed by atoms with E-state index in [4.69, 9.17) is 0 Å². The molecule has 0 radical (unpaired) electrons. The van der Waals surface area contributed by atoms with Gasteiger partial charge < -0.3 is 10.4 Å². The summed E-state index contributed by atoms with van der Waals surface area (Å²) in [6.45, 7) is 0.0159. The molecule has 0 amide bonds. The van der Waals surface area contributed by atoms with E-state index in [1.54, 1.807) is 7.05 Å². The molecule has 0 bridgehead atoms. The Labute approximate surface area is 163 Å². The molecule has 1 saturated carbocycles. The highest BCUT2D eigenvalue weighted by atomic mass is 32.2. The monoisotopic (exact) mass is 410 g/mol. The first-order valence-corrected chi connectivity index (χ1v) is 10.7. The molecule has 2 aromatic carbocycles. The quantitative estimate of drug-likeness (QED) is 0.656. The number of halogens is 2. The molecule has 3 unspecified atom stereocenters. The number of benzene rings is 2. The number of hydrogen-bond acceptors (Lipinski definition) is 4. The van der Waals surface area contributed by atoms with E-state index >= 15 is 0 Å². The first-order chi connectivity index (χ1) is 13.3. The van der Waals surface area contributed by atoms with Gasteiger partial charge in [-0.25, -0.2) is 21.9 Å². The van der Waals surface area contributed by atoms with Crippen LogP contribution in [-0.2, 0) is 10.0 Å². The van der Waals surface area contributed by atoms with Crippen LogP contribution in [-0.4, -0.2) is 39.3 Å². The third-order valence-electron chi connectivity index (χ3n) is 5.34. The summed E-state index contributed by atoms with van der Waals surface area (Å²) in [5, 5.41) is 12.4. The van der Waals surface area contributed by atoms with Crippen molar-refractivity contribution < 1.29 is 22.3 Å². The van der Waals surface area contributed by atoms with Gasteiger partial charge in [-0.15, -0.1) is 0 Å². The Morgan fingerprint density at radius 1 is 1.14 bits per heavy atom. The zero-order chi connectivity index (χ0) is 20.3. The highest BCUT2D eigenvalue weighted by molar-refractivity contribution is 7.89. The molecule has 0 aliphatic heterocycles. The van der Waals surface area contributed by atoms with Crippen LogP contribution in [0.1, 0.15) is 19.3 Å². The minimum absolute atomic E-state index is 0.0159. The molecule has 152 valence electrons. The topological polar surface area (TPSA) is 78.4 Å². The molecule has 3 rings (SSSR count). The number of aliphatic hydroxyl groups is 1. The van der Waals surface area contributed by atoms with Crippen molar-refractivity contribution in [2.75, 3.05) is 13.7 Å². The fourth-order valence-electron chi connectivity index (χ4n) is 3.79. The zero-order valence-electron chi connectivity index (χ0n) is 15.5. The molecular weight excluding hydrogens is 386 g/mol. The van der Waals surface area contributed by atoms with E-state index in [0.717, 1.165) is 18.6 Å². The molecule has 0 saturated heterocycles. The van der Waals surface area contributed by atoms with Crippen molar-refractivity contribution in [3.8, 4) is 11.1 Å². The minimum Gasteiger partial charge on any atom is -0.395 e. The van der Waals surface area contributed by atoms with Gasteiger partial charge in [0.2, 0.25) is 10.0 Å².